The quantitative estimate of drug-likeness (QED) is 0.727. The minimum atomic E-state index is 0.402. The summed E-state index contributed by atoms with van der Waals surface area (Å²) in [5.74, 6) is 1.22. The van der Waals surface area contributed by atoms with Gasteiger partial charge in [-0.25, -0.2) is 0 Å². The lowest BCUT2D eigenvalue weighted by Gasteiger charge is -2.28. The second-order valence-corrected chi connectivity index (χ2v) is 7.22. The van der Waals surface area contributed by atoms with E-state index in [4.69, 9.17) is 0 Å². The van der Waals surface area contributed by atoms with Crippen LogP contribution in [0.3, 0.4) is 0 Å². The van der Waals surface area contributed by atoms with E-state index in [1.165, 1.54) is 20.9 Å². The molecule has 0 fully saturated rings. The fourth-order valence-corrected chi connectivity index (χ4v) is 3.88. The van der Waals surface area contributed by atoms with Crippen molar-refractivity contribution >= 4 is 11.3 Å². The molecule has 2 rings (SSSR count). The molecule has 0 saturated carbocycles. The minimum absolute atomic E-state index is 0.402. The van der Waals surface area contributed by atoms with Gasteiger partial charge in [0.15, 0.2) is 0 Å². The zero-order valence-electron chi connectivity index (χ0n) is 12.9. The normalized spacial score (nSPS) is 19.5. The van der Waals surface area contributed by atoms with Crippen molar-refractivity contribution < 1.29 is 0 Å². The van der Waals surface area contributed by atoms with Crippen LogP contribution in [-0.2, 0) is 0 Å². The van der Waals surface area contributed by atoms with Crippen LogP contribution in [0.5, 0.6) is 0 Å². The molecule has 1 aromatic heterocycles. The lowest BCUT2D eigenvalue weighted by Crippen LogP contribution is -2.20. The number of thiophene rings is 1. The maximum Gasteiger partial charge on any atom is 0.0813 e. The van der Waals surface area contributed by atoms with E-state index in [1.54, 1.807) is 0 Å². The summed E-state index contributed by atoms with van der Waals surface area (Å²) in [4.78, 5) is 5.32. The van der Waals surface area contributed by atoms with Crippen molar-refractivity contribution in [2.75, 3.05) is 7.05 Å². The summed E-state index contributed by atoms with van der Waals surface area (Å²) in [6.45, 7) is 11.3. The molecule has 1 atom stereocenters. The molecule has 104 valence electrons. The lowest BCUT2D eigenvalue weighted by molar-refractivity contribution is 0.386. The highest BCUT2D eigenvalue weighted by Crippen LogP contribution is 2.37. The van der Waals surface area contributed by atoms with E-state index in [2.05, 4.69) is 71.0 Å². The van der Waals surface area contributed by atoms with Crippen molar-refractivity contribution in [2.24, 2.45) is 5.92 Å². The zero-order valence-corrected chi connectivity index (χ0v) is 13.7. The van der Waals surface area contributed by atoms with E-state index >= 15 is 0 Å². The molecule has 0 amide bonds. The zero-order chi connectivity index (χ0) is 14.2. The van der Waals surface area contributed by atoms with Crippen molar-refractivity contribution in [1.29, 1.82) is 0 Å². The highest BCUT2D eigenvalue weighted by molar-refractivity contribution is 7.12. The minimum Gasteiger partial charge on any atom is -0.369 e. The van der Waals surface area contributed by atoms with E-state index in [0.717, 1.165) is 0 Å². The molecule has 0 aliphatic carbocycles. The van der Waals surface area contributed by atoms with E-state index in [0.29, 0.717) is 17.9 Å². The first-order valence-electron chi connectivity index (χ1n) is 7.12. The number of nitrogens with zero attached hydrogens (tertiary/aromatic N) is 1. The third kappa shape index (κ3) is 2.94. The molecule has 1 nitrogen and oxygen atoms in total. The standard InChI is InChI=1S/C17H25NS/c1-11(2)14-7-8-15(18(6)10-14)16-9-13(5)17(19-16)12(3)4/h7-12,15H,1-6H3. The average molecular weight is 275 g/mol. The molecule has 2 heterocycles. The van der Waals surface area contributed by atoms with E-state index < -0.39 is 0 Å². The van der Waals surface area contributed by atoms with Gasteiger partial charge in [0.2, 0.25) is 0 Å². The maximum absolute atomic E-state index is 2.36. The Morgan fingerprint density at radius 2 is 1.84 bits per heavy atom. The summed E-state index contributed by atoms with van der Waals surface area (Å²) in [6, 6.07) is 2.76. The first kappa shape index (κ1) is 14.4. The van der Waals surface area contributed by atoms with Gasteiger partial charge in [-0.05, 0) is 36.0 Å². The molecule has 0 spiro atoms. The molecule has 1 aliphatic heterocycles. The molecule has 0 saturated heterocycles. The molecule has 2 heteroatoms. The fourth-order valence-electron chi connectivity index (χ4n) is 2.57. The maximum atomic E-state index is 2.36. The van der Waals surface area contributed by atoms with Crippen molar-refractivity contribution in [3.05, 3.63) is 45.3 Å². The summed E-state index contributed by atoms with van der Waals surface area (Å²) in [6.07, 6.45) is 6.92. The molecule has 1 aliphatic rings. The molecular weight excluding hydrogens is 250 g/mol. The first-order valence-corrected chi connectivity index (χ1v) is 7.94. The monoisotopic (exact) mass is 275 g/mol. The molecule has 0 bridgehead atoms. The topological polar surface area (TPSA) is 3.24 Å². The van der Waals surface area contributed by atoms with Gasteiger partial charge in [0.1, 0.15) is 0 Å². The largest absolute Gasteiger partial charge is 0.369 e. The van der Waals surface area contributed by atoms with Gasteiger partial charge < -0.3 is 4.90 Å². The predicted octanol–water partition coefficient (Wildman–Crippen LogP) is 5.26. The number of hydrogen-bond acceptors (Lipinski definition) is 2. The van der Waals surface area contributed by atoms with Crippen molar-refractivity contribution in [1.82, 2.24) is 4.90 Å². The highest BCUT2D eigenvalue weighted by atomic mass is 32.1. The molecule has 19 heavy (non-hydrogen) atoms. The van der Waals surface area contributed by atoms with Gasteiger partial charge in [-0.2, -0.15) is 0 Å². The Kier molecular flexibility index (Phi) is 4.19. The average Bonchev–Trinajstić information content (AvgIpc) is 2.71. The molecule has 1 aromatic rings. The van der Waals surface area contributed by atoms with Crippen LogP contribution < -0.4 is 0 Å². The second kappa shape index (κ2) is 5.54. The molecular formula is C17H25NS. The molecule has 0 N–H and O–H groups in total. The van der Waals surface area contributed by atoms with Crippen molar-refractivity contribution in [3.8, 4) is 0 Å². The lowest BCUT2D eigenvalue weighted by atomic mass is 9.99. The summed E-state index contributed by atoms with van der Waals surface area (Å²) in [7, 11) is 2.18. The summed E-state index contributed by atoms with van der Waals surface area (Å²) in [5, 5.41) is 0. The SMILES string of the molecule is Cc1cc(C2C=CC(C(C)C)=CN2C)sc1C(C)C. The van der Waals surface area contributed by atoms with Gasteiger partial charge in [0.25, 0.3) is 0 Å². The van der Waals surface area contributed by atoms with Gasteiger partial charge in [0, 0.05) is 23.0 Å². The molecule has 0 radical (unpaired) electrons. The molecule has 0 aromatic carbocycles. The van der Waals surface area contributed by atoms with Crippen LogP contribution in [0.2, 0.25) is 0 Å². The second-order valence-electron chi connectivity index (χ2n) is 6.10. The van der Waals surface area contributed by atoms with Crippen LogP contribution in [0.15, 0.2) is 30.0 Å². The van der Waals surface area contributed by atoms with Gasteiger partial charge in [-0.1, -0.05) is 39.8 Å². The first-order chi connectivity index (χ1) is 8.90. The smallest absolute Gasteiger partial charge is 0.0813 e. The van der Waals surface area contributed by atoms with Crippen LogP contribution in [0.1, 0.15) is 55.0 Å². The van der Waals surface area contributed by atoms with Crippen LogP contribution in [0.4, 0.5) is 0 Å². The number of aryl methyl sites for hydroxylation is 1. The van der Waals surface area contributed by atoms with Crippen molar-refractivity contribution in [3.63, 3.8) is 0 Å². The summed E-state index contributed by atoms with van der Waals surface area (Å²) < 4.78 is 0. The number of allylic oxidation sites excluding steroid dienone is 2. The Bertz CT molecular complexity index is 505. The van der Waals surface area contributed by atoms with E-state index in [-0.39, 0.29) is 0 Å². The van der Waals surface area contributed by atoms with Gasteiger partial charge in [-0.3, -0.25) is 0 Å². The van der Waals surface area contributed by atoms with E-state index in [1.807, 2.05) is 11.3 Å². The van der Waals surface area contributed by atoms with Gasteiger partial charge >= 0.3 is 0 Å². The Labute approximate surface area is 121 Å². The Morgan fingerprint density at radius 1 is 1.16 bits per heavy atom. The Morgan fingerprint density at radius 3 is 2.32 bits per heavy atom. The van der Waals surface area contributed by atoms with E-state index in [9.17, 15) is 0 Å². The van der Waals surface area contributed by atoms with Crippen LogP contribution in [-0.4, -0.2) is 11.9 Å². The third-order valence-electron chi connectivity index (χ3n) is 3.72. The Balaban J connectivity index is 2.25. The van der Waals surface area contributed by atoms with Crippen LogP contribution >= 0.6 is 11.3 Å². The predicted molar refractivity (Wildman–Crippen MR) is 85.7 cm³/mol. The van der Waals surface area contributed by atoms with Crippen LogP contribution in [0, 0.1) is 12.8 Å². The highest BCUT2D eigenvalue weighted by Gasteiger charge is 2.20. The van der Waals surface area contributed by atoms with Crippen LogP contribution in [0.25, 0.3) is 0 Å². The fraction of sp³-hybridized carbons (Fsp3) is 0.529. The van der Waals surface area contributed by atoms with Gasteiger partial charge in [0.05, 0.1) is 6.04 Å². The number of hydrogen-bond donors (Lipinski definition) is 0. The number of rotatable bonds is 3. The Hall–Kier alpha value is -1.02. The van der Waals surface area contributed by atoms with Crippen molar-refractivity contribution in [2.45, 2.75) is 46.6 Å². The number of likely N-dealkylation sites (N-methyl/N-ethyl adjacent to an activating group) is 1. The van der Waals surface area contributed by atoms with Gasteiger partial charge in [-0.15, -0.1) is 11.3 Å². The third-order valence-corrected chi connectivity index (χ3v) is 5.33. The molecule has 1 unspecified atom stereocenters. The summed E-state index contributed by atoms with van der Waals surface area (Å²) in [5.41, 5.74) is 2.85. The summed E-state index contributed by atoms with van der Waals surface area (Å²) >= 11 is 1.97.